The molecule has 0 fully saturated rings. The Hall–Kier alpha value is -5.30. The van der Waals surface area contributed by atoms with Crippen LogP contribution in [-0.4, -0.2) is 44.8 Å². The van der Waals surface area contributed by atoms with Crippen molar-refractivity contribution in [1.82, 2.24) is 4.98 Å². The molecular weight excluding hydrogens is 681 g/mol. The highest BCUT2D eigenvalue weighted by molar-refractivity contribution is 7.92. The fourth-order valence-corrected chi connectivity index (χ4v) is 6.53. The number of anilines is 5. The second-order valence-electron chi connectivity index (χ2n) is 12.3. The van der Waals surface area contributed by atoms with Crippen molar-refractivity contribution in [1.29, 1.82) is 0 Å². The van der Waals surface area contributed by atoms with Gasteiger partial charge < -0.3 is 30.2 Å². The summed E-state index contributed by atoms with van der Waals surface area (Å²) < 4.78 is 56.2. The van der Waals surface area contributed by atoms with Gasteiger partial charge in [0.05, 0.1) is 42.8 Å². The summed E-state index contributed by atoms with van der Waals surface area (Å²) in [5.41, 5.74) is 7.75. The minimum atomic E-state index is -3.71. The number of carbonyl (C=O) groups excluding carboxylic acids is 1. The molecule has 0 saturated carbocycles. The van der Waals surface area contributed by atoms with Gasteiger partial charge in [0.2, 0.25) is 18.1 Å². The minimum Gasteiger partial charge on any atom is -0.496 e. The molecule has 2 amide bonds. The number of primary amides is 1. The van der Waals surface area contributed by atoms with Gasteiger partial charge in [-0.1, -0.05) is 45.0 Å². The van der Waals surface area contributed by atoms with Crippen LogP contribution in [-0.2, 0) is 20.0 Å². The molecule has 5 rings (SSSR count). The number of hydrogen-bond donors (Lipinski definition) is 4. The zero-order valence-electron chi connectivity index (χ0n) is 28.3. The maximum atomic E-state index is 13.3. The van der Waals surface area contributed by atoms with Crippen LogP contribution < -0.4 is 40.2 Å². The third-order valence-corrected chi connectivity index (χ3v) is 9.13. The van der Waals surface area contributed by atoms with Gasteiger partial charge in [0, 0.05) is 34.8 Å². The average molecular weight is 720 g/mol. The summed E-state index contributed by atoms with van der Waals surface area (Å²) in [6.07, 6.45) is 2.60. The van der Waals surface area contributed by atoms with Crippen LogP contribution in [0, 0.1) is 0 Å². The number of nitrogens with one attached hydrogen (secondary N) is 2. The van der Waals surface area contributed by atoms with E-state index in [1.54, 1.807) is 54.7 Å². The number of benzene rings is 4. The Kier molecular flexibility index (Phi) is 10.3. The Morgan fingerprint density at radius 2 is 1.64 bits per heavy atom. The molecule has 15 heteroatoms. The molecule has 50 heavy (non-hydrogen) atoms. The molecule has 0 aliphatic rings. The van der Waals surface area contributed by atoms with Crippen molar-refractivity contribution in [2.24, 2.45) is 5.73 Å². The Bertz CT molecular complexity index is 2220. The van der Waals surface area contributed by atoms with E-state index in [2.05, 4.69) is 15.0 Å². The minimum absolute atomic E-state index is 0.112. The second-order valence-corrected chi connectivity index (χ2v) is 15.2. The van der Waals surface area contributed by atoms with Crippen LogP contribution in [0.3, 0.4) is 0 Å². The molecule has 1 unspecified atom stereocenters. The SMILES string of the molecule is COc1cc(Nc2cc(Oc3ccc(N(C(N)=O)c4cc(C(C)(C)C)cc(NS(C)(=O)=O)c4OC)c4ccccc34)ccn2)ccc1[PH](=O)O. The highest BCUT2D eigenvalue weighted by Crippen LogP contribution is 2.46. The quantitative estimate of drug-likeness (QED) is 0.106. The maximum absolute atomic E-state index is 13.3. The molecule has 5 N–H and O–H groups in total. The van der Waals surface area contributed by atoms with Gasteiger partial charge in [-0.25, -0.2) is 18.2 Å². The van der Waals surface area contributed by atoms with Crippen LogP contribution in [0.5, 0.6) is 23.0 Å². The molecule has 1 heterocycles. The summed E-state index contributed by atoms with van der Waals surface area (Å²) in [6.45, 7) is 5.90. The normalized spacial score (nSPS) is 12.2. The zero-order chi connectivity index (χ0) is 36.4. The molecule has 5 aromatic rings. The fraction of sp³-hybridized carbons (Fsp3) is 0.200. The van der Waals surface area contributed by atoms with Gasteiger partial charge in [-0.3, -0.25) is 14.2 Å². The molecule has 0 saturated heterocycles. The van der Waals surface area contributed by atoms with E-state index in [4.69, 9.17) is 19.9 Å². The number of hydrogen-bond acceptors (Lipinski definition) is 9. The Morgan fingerprint density at radius 3 is 2.26 bits per heavy atom. The van der Waals surface area contributed by atoms with Gasteiger partial charge in [0.15, 0.2) is 5.75 Å². The van der Waals surface area contributed by atoms with Crippen molar-refractivity contribution in [2.75, 3.05) is 35.4 Å². The first kappa shape index (κ1) is 36.0. The predicted octanol–water partition coefficient (Wildman–Crippen LogP) is 6.77. The topological polar surface area (TPSA) is 182 Å². The molecule has 0 aliphatic heterocycles. The number of methoxy groups -OCH3 is 2. The summed E-state index contributed by atoms with van der Waals surface area (Å²) in [7, 11) is -3.85. The smallest absolute Gasteiger partial charge is 0.324 e. The zero-order valence-corrected chi connectivity index (χ0v) is 30.1. The lowest BCUT2D eigenvalue weighted by Crippen LogP contribution is -2.32. The number of amides is 2. The van der Waals surface area contributed by atoms with Gasteiger partial charge in [0.1, 0.15) is 23.1 Å². The lowest BCUT2D eigenvalue weighted by Gasteiger charge is -2.29. The maximum Gasteiger partial charge on any atom is 0.324 e. The number of urea groups is 1. The number of nitrogens with zero attached hydrogens (tertiary/aromatic N) is 2. The lowest BCUT2D eigenvalue weighted by atomic mass is 9.86. The van der Waals surface area contributed by atoms with Gasteiger partial charge >= 0.3 is 6.03 Å². The van der Waals surface area contributed by atoms with E-state index in [0.29, 0.717) is 39.5 Å². The number of fused-ring (bicyclic) bond motifs is 1. The van der Waals surface area contributed by atoms with E-state index in [-0.39, 0.29) is 28.2 Å². The number of rotatable bonds is 11. The van der Waals surface area contributed by atoms with E-state index in [1.807, 2.05) is 45.0 Å². The average Bonchev–Trinajstić information content (AvgIpc) is 3.04. The first-order valence-electron chi connectivity index (χ1n) is 15.2. The van der Waals surface area contributed by atoms with Crippen molar-refractivity contribution in [2.45, 2.75) is 26.2 Å². The molecule has 4 aromatic carbocycles. The lowest BCUT2D eigenvalue weighted by molar-refractivity contribution is 0.256. The predicted molar refractivity (Wildman–Crippen MR) is 197 cm³/mol. The van der Waals surface area contributed by atoms with Crippen molar-refractivity contribution in [3.8, 4) is 23.0 Å². The first-order chi connectivity index (χ1) is 23.6. The second kappa shape index (κ2) is 14.3. The number of pyridine rings is 1. The summed E-state index contributed by atoms with van der Waals surface area (Å²) in [6, 6.07) is 21.5. The summed E-state index contributed by atoms with van der Waals surface area (Å²) in [4.78, 5) is 28.5. The van der Waals surface area contributed by atoms with Gasteiger partial charge in [-0.2, -0.15) is 0 Å². The van der Waals surface area contributed by atoms with Crippen LogP contribution in [0.1, 0.15) is 26.3 Å². The Labute approximate surface area is 290 Å². The summed E-state index contributed by atoms with van der Waals surface area (Å²) >= 11 is 0. The molecule has 0 aliphatic carbocycles. The van der Waals surface area contributed by atoms with Gasteiger partial charge in [0.25, 0.3) is 0 Å². The first-order valence-corrected chi connectivity index (χ1v) is 18.5. The van der Waals surface area contributed by atoms with E-state index in [0.717, 1.165) is 11.8 Å². The molecule has 0 bridgehead atoms. The van der Waals surface area contributed by atoms with E-state index in [1.165, 1.54) is 25.2 Å². The summed E-state index contributed by atoms with van der Waals surface area (Å²) in [5.74, 6) is 1.75. The summed E-state index contributed by atoms with van der Waals surface area (Å²) in [5, 5.41) is 4.64. The number of carbonyl (C=O) groups is 1. The standard InChI is InChI=1S/C35H38N5O8PS/c1-35(2,3)21-17-26(39-50(6,44)45)33(47-5)28(18-21)40(34(36)41)27-12-13-29(25-10-8-7-9-24(25)27)48-23-15-16-37-32(20-23)38-22-11-14-31(49(42)43)30(19-22)46-4/h7-20,39,49H,1-6H3,(H2,36,41)(H,37,38)(H,42,43). The molecule has 0 radical (unpaired) electrons. The Balaban J connectivity index is 1.56. The van der Waals surface area contributed by atoms with Crippen molar-refractivity contribution >= 4 is 68.7 Å². The molecular formula is C35H38N5O8PS. The number of sulfonamides is 1. The van der Waals surface area contributed by atoms with Gasteiger partial charge in [-0.05, 0) is 53.4 Å². The van der Waals surface area contributed by atoms with Crippen LogP contribution >= 0.6 is 8.03 Å². The molecule has 0 spiro atoms. The number of nitrogens with two attached hydrogens (primary N) is 1. The van der Waals surface area contributed by atoms with E-state index < -0.39 is 29.5 Å². The number of ether oxygens (including phenoxy) is 3. The Morgan fingerprint density at radius 1 is 0.920 bits per heavy atom. The number of aromatic nitrogens is 1. The van der Waals surface area contributed by atoms with Crippen LogP contribution in [0.4, 0.5) is 33.4 Å². The molecule has 262 valence electrons. The fourth-order valence-electron chi connectivity index (χ4n) is 5.37. The third kappa shape index (κ3) is 7.94. The van der Waals surface area contributed by atoms with E-state index in [9.17, 15) is 22.7 Å². The molecule has 13 nitrogen and oxygen atoms in total. The van der Waals surface area contributed by atoms with Crippen LogP contribution in [0.15, 0.2) is 85.1 Å². The molecule has 1 aromatic heterocycles. The van der Waals surface area contributed by atoms with Crippen LogP contribution in [0.25, 0.3) is 10.8 Å². The third-order valence-electron chi connectivity index (χ3n) is 7.66. The monoisotopic (exact) mass is 719 g/mol. The van der Waals surface area contributed by atoms with Crippen molar-refractivity contribution in [3.05, 3.63) is 90.6 Å². The van der Waals surface area contributed by atoms with E-state index >= 15 is 0 Å². The molecule has 1 atom stereocenters. The highest BCUT2D eigenvalue weighted by atomic mass is 32.2. The van der Waals surface area contributed by atoms with Gasteiger partial charge in [-0.15, -0.1) is 0 Å². The largest absolute Gasteiger partial charge is 0.496 e. The van der Waals surface area contributed by atoms with Crippen molar-refractivity contribution in [3.63, 3.8) is 0 Å². The highest BCUT2D eigenvalue weighted by Gasteiger charge is 2.28. The van der Waals surface area contributed by atoms with Crippen LogP contribution in [0.2, 0.25) is 0 Å². The van der Waals surface area contributed by atoms with Crippen molar-refractivity contribution < 1.29 is 36.9 Å².